The number of alkyl halides is 2. The number of rotatable bonds is 3. The molecule has 1 heterocycles. The van der Waals surface area contributed by atoms with Crippen molar-refractivity contribution in [3.05, 3.63) is 30.1 Å². The second kappa shape index (κ2) is 4.64. The fourth-order valence-electron chi connectivity index (χ4n) is 1.01. The maximum atomic E-state index is 12.0. The molecule has 1 aromatic heterocycles. The Labute approximate surface area is 80.4 Å². The summed E-state index contributed by atoms with van der Waals surface area (Å²) in [5, 5.41) is 0. The molecule has 0 saturated carbocycles. The molecule has 0 N–H and O–H groups in total. The van der Waals surface area contributed by atoms with E-state index in [9.17, 15) is 13.6 Å². The molecule has 5 heteroatoms. The minimum absolute atomic E-state index is 0.172. The molecule has 0 unspecified atom stereocenters. The van der Waals surface area contributed by atoms with Crippen LogP contribution >= 0.6 is 0 Å². The minimum atomic E-state index is -2.94. The average Bonchev–Trinajstić information content (AvgIpc) is 2.18. The first-order valence-electron chi connectivity index (χ1n) is 4.03. The van der Waals surface area contributed by atoms with Crippen molar-refractivity contribution in [3.8, 4) is 0 Å². The number of hydrogen-bond acceptors (Lipinski definition) is 2. The fourth-order valence-corrected chi connectivity index (χ4v) is 1.01. The Morgan fingerprint density at radius 2 is 2.07 bits per heavy atom. The molecule has 76 valence electrons. The Morgan fingerprint density at radius 1 is 1.50 bits per heavy atom. The molecule has 3 nitrogen and oxygen atoms in total. The van der Waals surface area contributed by atoms with Crippen LogP contribution in [0.25, 0.3) is 0 Å². The first-order chi connectivity index (χ1) is 6.61. The summed E-state index contributed by atoms with van der Waals surface area (Å²) in [5.41, 5.74) is 0.775. The normalized spacial score (nSPS) is 10.3. The maximum absolute atomic E-state index is 12.0. The number of halogens is 2. The van der Waals surface area contributed by atoms with E-state index in [0.717, 1.165) is 10.5 Å². The highest BCUT2D eigenvalue weighted by atomic mass is 19.3. The van der Waals surface area contributed by atoms with Gasteiger partial charge in [0.05, 0.1) is 0 Å². The molecule has 0 spiro atoms. The van der Waals surface area contributed by atoms with Gasteiger partial charge in [0.25, 0.3) is 5.91 Å². The molecule has 0 aliphatic carbocycles. The van der Waals surface area contributed by atoms with Crippen molar-refractivity contribution in [2.45, 2.75) is 13.0 Å². The SMILES string of the molecule is CN(Cc1ccncc1)C(=O)C(F)F. The summed E-state index contributed by atoms with van der Waals surface area (Å²) in [7, 11) is 1.34. The third-order valence-corrected chi connectivity index (χ3v) is 1.73. The smallest absolute Gasteiger partial charge is 0.315 e. The van der Waals surface area contributed by atoms with E-state index in [4.69, 9.17) is 0 Å². The largest absolute Gasteiger partial charge is 0.336 e. The van der Waals surface area contributed by atoms with Gasteiger partial charge in [-0.3, -0.25) is 9.78 Å². The summed E-state index contributed by atoms with van der Waals surface area (Å²) >= 11 is 0. The molecule has 0 radical (unpaired) electrons. The van der Waals surface area contributed by atoms with Gasteiger partial charge in [-0.25, -0.2) is 0 Å². The number of amides is 1. The molecule has 0 saturated heterocycles. The van der Waals surface area contributed by atoms with E-state index in [0.29, 0.717) is 0 Å². The van der Waals surface area contributed by atoms with Crippen molar-refractivity contribution in [1.29, 1.82) is 0 Å². The van der Waals surface area contributed by atoms with Crippen molar-refractivity contribution in [1.82, 2.24) is 9.88 Å². The van der Waals surface area contributed by atoms with Gasteiger partial charge in [-0.05, 0) is 17.7 Å². The van der Waals surface area contributed by atoms with E-state index in [-0.39, 0.29) is 6.54 Å². The molecule has 0 atom stereocenters. The Kier molecular flexibility index (Phi) is 3.50. The van der Waals surface area contributed by atoms with Gasteiger partial charge < -0.3 is 4.90 Å². The topological polar surface area (TPSA) is 33.2 Å². The van der Waals surface area contributed by atoms with E-state index >= 15 is 0 Å². The van der Waals surface area contributed by atoms with Crippen molar-refractivity contribution in [2.24, 2.45) is 0 Å². The van der Waals surface area contributed by atoms with Gasteiger partial charge >= 0.3 is 6.43 Å². The summed E-state index contributed by atoms with van der Waals surface area (Å²) in [5.74, 6) is -1.16. The Hall–Kier alpha value is -1.52. The van der Waals surface area contributed by atoms with Crippen molar-refractivity contribution >= 4 is 5.91 Å². The van der Waals surface area contributed by atoms with Crippen LogP contribution in [-0.4, -0.2) is 29.3 Å². The fraction of sp³-hybridized carbons (Fsp3) is 0.333. The van der Waals surface area contributed by atoms with Crippen LogP contribution in [0.15, 0.2) is 24.5 Å². The number of hydrogen-bond donors (Lipinski definition) is 0. The molecule has 0 fully saturated rings. The Bertz CT molecular complexity index is 303. The number of carbonyl (C=O) groups excluding carboxylic acids is 1. The first-order valence-corrected chi connectivity index (χ1v) is 4.03. The molecule has 0 aliphatic rings. The lowest BCUT2D eigenvalue weighted by Crippen LogP contribution is -2.31. The Morgan fingerprint density at radius 3 is 2.57 bits per heavy atom. The average molecular weight is 200 g/mol. The van der Waals surface area contributed by atoms with E-state index in [2.05, 4.69) is 4.98 Å². The van der Waals surface area contributed by atoms with Crippen LogP contribution in [0.3, 0.4) is 0 Å². The maximum Gasteiger partial charge on any atom is 0.315 e. The lowest BCUT2D eigenvalue weighted by atomic mass is 10.2. The third kappa shape index (κ3) is 2.76. The lowest BCUT2D eigenvalue weighted by molar-refractivity contribution is -0.141. The highest BCUT2D eigenvalue weighted by molar-refractivity contribution is 5.78. The summed E-state index contributed by atoms with van der Waals surface area (Å²) in [6.45, 7) is 0.172. The van der Waals surface area contributed by atoms with Crippen LogP contribution in [-0.2, 0) is 11.3 Å². The standard InChI is InChI=1S/C9H10F2N2O/c1-13(9(14)8(10)11)6-7-2-4-12-5-3-7/h2-5,8H,6H2,1H3. The monoisotopic (exact) mass is 200 g/mol. The molecule has 0 aromatic carbocycles. The van der Waals surface area contributed by atoms with Gasteiger partial charge in [0.2, 0.25) is 0 Å². The number of pyridine rings is 1. The van der Waals surface area contributed by atoms with Crippen LogP contribution in [0.1, 0.15) is 5.56 Å². The third-order valence-electron chi connectivity index (χ3n) is 1.73. The zero-order valence-electron chi connectivity index (χ0n) is 7.65. The molecule has 1 aromatic rings. The van der Waals surface area contributed by atoms with E-state index in [1.54, 1.807) is 24.5 Å². The molecular weight excluding hydrogens is 190 g/mol. The van der Waals surface area contributed by atoms with E-state index in [1.165, 1.54) is 7.05 Å². The van der Waals surface area contributed by atoms with Crippen LogP contribution in [0.5, 0.6) is 0 Å². The number of carbonyl (C=O) groups is 1. The molecule has 0 aliphatic heterocycles. The molecule has 0 bridgehead atoms. The second-order valence-electron chi connectivity index (χ2n) is 2.85. The van der Waals surface area contributed by atoms with Crippen LogP contribution < -0.4 is 0 Å². The minimum Gasteiger partial charge on any atom is -0.336 e. The zero-order chi connectivity index (χ0) is 10.6. The van der Waals surface area contributed by atoms with Gasteiger partial charge in [-0.2, -0.15) is 8.78 Å². The summed E-state index contributed by atoms with van der Waals surface area (Å²) in [6, 6.07) is 3.35. The van der Waals surface area contributed by atoms with Gasteiger partial charge in [0.1, 0.15) is 0 Å². The molecule has 1 amide bonds. The van der Waals surface area contributed by atoms with Crippen LogP contribution in [0, 0.1) is 0 Å². The van der Waals surface area contributed by atoms with Crippen molar-refractivity contribution < 1.29 is 13.6 Å². The summed E-state index contributed by atoms with van der Waals surface area (Å²) in [6.07, 6.45) is 0.160. The van der Waals surface area contributed by atoms with Crippen LogP contribution in [0.4, 0.5) is 8.78 Å². The summed E-state index contributed by atoms with van der Waals surface area (Å²) in [4.78, 5) is 15.6. The van der Waals surface area contributed by atoms with Gasteiger partial charge in [0, 0.05) is 26.0 Å². The quantitative estimate of drug-likeness (QED) is 0.736. The van der Waals surface area contributed by atoms with Crippen LogP contribution in [0.2, 0.25) is 0 Å². The van der Waals surface area contributed by atoms with Gasteiger partial charge in [-0.15, -0.1) is 0 Å². The van der Waals surface area contributed by atoms with Gasteiger partial charge in [0.15, 0.2) is 0 Å². The highest BCUT2D eigenvalue weighted by Gasteiger charge is 2.19. The zero-order valence-corrected chi connectivity index (χ0v) is 7.65. The first kappa shape index (κ1) is 10.6. The second-order valence-corrected chi connectivity index (χ2v) is 2.85. The Balaban J connectivity index is 2.57. The highest BCUT2D eigenvalue weighted by Crippen LogP contribution is 2.04. The predicted octanol–water partition coefficient (Wildman–Crippen LogP) is 1.31. The number of nitrogens with zero attached hydrogens (tertiary/aromatic N) is 2. The lowest BCUT2D eigenvalue weighted by Gasteiger charge is -2.16. The van der Waals surface area contributed by atoms with Crippen molar-refractivity contribution in [2.75, 3.05) is 7.05 Å². The van der Waals surface area contributed by atoms with E-state index < -0.39 is 12.3 Å². The van der Waals surface area contributed by atoms with E-state index in [1.807, 2.05) is 0 Å². The predicted molar refractivity (Wildman–Crippen MR) is 46.7 cm³/mol. The molecular formula is C9H10F2N2O. The van der Waals surface area contributed by atoms with Crippen molar-refractivity contribution in [3.63, 3.8) is 0 Å². The van der Waals surface area contributed by atoms with Gasteiger partial charge in [-0.1, -0.05) is 0 Å². The number of aromatic nitrogens is 1. The molecule has 1 rings (SSSR count). The summed E-state index contributed by atoms with van der Waals surface area (Å²) < 4.78 is 24.0. The molecule has 14 heavy (non-hydrogen) atoms.